The summed E-state index contributed by atoms with van der Waals surface area (Å²) in [5, 5.41) is 31.0. The van der Waals surface area contributed by atoms with E-state index in [1.54, 1.807) is 6.07 Å². The summed E-state index contributed by atoms with van der Waals surface area (Å²) in [5.41, 5.74) is 2.08. The Morgan fingerprint density at radius 2 is 1.43 bits per heavy atom. The van der Waals surface area contributed by atoms with Crippen LogP contribution >= 0.6 is 0 Å². The van der Waals surface area contributed by atoms with Crippen molar-refractivity contribution in [3.05, 3.63) is 65.7 Å². The van der Waals surface area contributed by atoms with Crippen LogP contribution in [0.25, 0.3) is 10.8 Å². The van der Waals surface area contributed by atoms with Crippen LogP contribution in [-0.2, 0) is 12.8 Å². The molecule has 1 unspecified atom stereocenters. The van der Waals surface area contributed by atoms with Gasteiger partial charge in [0.25, 0.3) is 0 Å². The number of hydrogen-bond donors (Lipinski definition) is 3. The molecule has 0 aliphatic heterocycles. The fourth-order valence-electron chi connectivity index (χ4n) is 3.04. The van der Waals surface area contributed by atoms with Crippen LogP contribution in [0.3, 0.4) is 0 Å². The molecule has 3 aromatic carbocycles. The van der Waals surface area contributed by atoms with Crippen molar-refractivity contribution in [1.29, 1.82) is 0 Å². The van der Waals surface area contributed by atoms with Crippen molar-refractivity contribution in [3.8, 4) is 17.2 Å². The molecule has 1 atom stereocenters. The molecular weight excluding hydrogens is 288 g/mol. The summed E-state index contributed by atoms with van der Waals surface area (Å²) in [5.74, 6) is 0.478. The van der Waals surface area contributed by atoms with Crippen LogP contribution in [0.2, 0.25) is 0 Å². The number of fused-ring (bicyclic) bond motifs is 1. The lowest BCUT2D eigenvalue weighted by Crippen LogP contribution is -2.04. The SMILES string of the molecule is CC(Cc1ccc(O)c(O)c1)Cc1cc(O)c2ccccc2c1. The molecule has 0 spiro atoms. The van der Waals surface area contributed by atoms with Crippen molar-refractivity contribution in [2.75, 3.05) is 0 Å². The van der Waals surface area contributed by atoms with Gasteiger partial charge in [-0.3, -0.25) is 0 Å². The van der Waals surface area contributed by atoms with E-state index in [1.807, 2.05) is 36.4 Å². The van der Waals surface area contributed by atoms with E-state index in [1.165, 1.54) is 6.07 Å². The smallest absolute Gasteiger partial charge is 0.157 e. The van der Waals surface area contributed by atoms with Crippen molar-refractivity contribution >= 4 is 10.8 Å². The Balaban J connectivity index is 1.77. The first-order chi connectivity index (χ1) is 11.0. The third-order valence-corrected chi connectivity index (χ3v) is 4.11. The summed E-state index contributed by atoms with van der Waals surface area (Å²) in [7, 11) is 0. The highest BCUT2D eigenvalue weighted by Crippen LogP contribution is 2.29. The molecule has 118 valence electrons. The first kappa shape index (κ1) is 15.2. The maximum Gasteiger partial charge on any atom is 0.157 e. The molecule has 3 heteroatoms. The van der Waals surface area contributed by atoms with Gasteiger partial charge in [0.15, 0.2) is 11.5 Å². The Labute approximate surface area is 135 Å². The zero-order valence-corrected chi connectivity index (χ0v) is 13.0. The maximum absolute atomic E-state index is 10.2. The summed E-state index contributed by atoms with van der Waals surface area (Å²) in [6.45, 7) is 2.14. The van der Waals surface area contributed by atoms with E-state index in [9.17, 15) is 15.3 Å². The van der Waals surface area contributed by atoms with E-state index in [-0.39, 0.29) is 11.5 Å². The molecule has 0 saturated heterocycles. The maximum atomic E-state index is 10.2. The molecule has 0 heterocycles. The molecule has 23 heavy (non-hydrogen) atoms. The van der Waals surface area contributed by atoms with E-state index < -0.39 is 0 Å². The molecule has 3 nitrogen and oxygen atoms in total. The second-order valence-corrected chi connectivity index (χ2v) is 6.17. The highest BCUT2D eigenvalue weighted by molar-refractivity contribution is 5.88. The normalized spacial score (nSPS) is 12.4. The molecule has 0 bridgehead atoms. The number of aromatic hydroxyl groups is 3. The van der Waals surface area contributed by atoms with Gasteiger partial charge in [-0.1, -0.05) is 43.3 Å². The molecule has 3 rings (SSSR count). The number of phenolic OH excluding ortho intramolecular Hbond substituents is 3. The Morgan fingerprint density at radius 3 is 2.22 bits per heavy atom. The van der Waals surface area contributed by atoms with Crippen LogP contribution in [0, 0.1) is 5.92 Å². The lowest BCUT2D eigenvalue weighted by molar-refractivity contribution is 0.402. The minimum Gasteiger partial charge on any atom is -0.507 e. The molecule has 0 fully saturated rings. The third kappa shape index (κ3) is 3.39. The van der Waals surface area contributed by atoms with E-state index >= 15 is 0 Å². The fourth-order valence-corrected chi connectivity index (χ4v) is 3.04. The summed E-state index contributed by atoms with van der Waals surface area (Å²) < 4.78 is 0. The van der Waals surface area contributed by atoms with E-state index in [0.717, 1.165) is 34.7 Å². The van der Waals surface area contributed by atoms with Crippen molar-refractivity contribution in [2.45, 2.75) is 19.8 Å². The van der Waals surface area contributed by atoms with Crippen LogP contribution in [-0.4, -0.2) is 15.3 Å². The van der Waals surface area contributed by atoms with Gasteiger partial charge in [-0.15, -0.1) is 0 Å². The first-order valence-corrected chi connectivity index (χ1v) is 7.74. The van der Waals surface area contributed by atoms with Crippen molar-refractivity contribution in [1.82, 2.24) is 0 Å². The first-order valence-electron chi connectivity index (χ1n) is 7.74. The van der Waals surface area contributed by atoms with E-state index in [0.29, 0.717) is 11.7 Å². The summed E-state index contributed by atoms with van der Waals surface area (Å²) in [6, 6.07) is 16.7. The largest absolute Gasteiger partial charge is 0.507 e. The second kappa shape index (κ2) is 6.21. The summed E-state index contributed by atoms with van der Waals surface area (Å²) >= 11 is 0. The van der Waals surface area contributed by atoms with Gasteiger partial charge >= 0.3 is 0 Å². The van der Waals surface area contributed by atoms with Gasteiger partial charge < -0.3 is 15.3 Å². The van der Waals surface area contributed by atoms with Crippen LogP contribution < -0.4 is 0 Å². The Kier molecular flexibility index (Phi) is 4.11. The molecule has 0 saturated carbocycles. The number of hydrogen-bond acceptors (Lipinski definition) is 3. The summed E-state index contributed by atoms with van der Waals surface area (Å²) in [6.07, 6.45) is 1.63. The number of rotatable bonds is 4. The van der Waals surface area contributed by atoms with Gasteiger partial charge in [-0.2, -0.15) is 0 Å². The topological polar surface area (TPSA) is 60.7 Å². The van der Waals surface area contributed by atoms with Gasteiger partial charge in [0.2, 0.25) is 0 Å². The van der Waals surface area contributed by atoms with Gasteiger partial charge in [0.1, 0.15) is 5.75 Å². The molecule has 0 aliphatic rings. The number of benzene rings is 3. The molecule has 0 aliphatic carbocycles. The standard InChI is InChI=1S/C20H20O3/c1-13(8-14-6-7-18(21)20(23)11-14)9-15-10-16-4-2-3-5-17(16)19(22)12-15/h2-7,10-13,21-23H,8-9H2,1H3. The van der Waals surface area contributed by atoms with E-state index in [4.69, 9.17) is 0 Å². The minimum atomic E-state index is -0.0964. The molecule has 0 amide bonds. The molecule has 0 radical (unpaired) electrons. The van der Waals surface area contributed by atoms with Gasteiger partial charge in [-0.05, 0) is 53.5 Å². The predicted molar refractivity (Wildman–Crippen MR) is 92.0 cm³/mol. The summed E-state index contributed by atoms with van der Waals surface area (Å²) in [4.78, 5) is 0. The van der Waals surface area contributed by atoms with Crippen LogP contribution in [0.5, 0.6) is 17.2 Å². The van der Waals surface area contributed by atoms with Gasteiger partial charge in [0, 0.05) is 5.39 Å². The third-order valence-electron chi connectivity index (χ3n) is 4.11. The lowest BCUT2D eigenvalue weighted by atomic mass is 9.93. The average molecular weight is 308 g/mol. The van der Waals surface area contributed by atoms with E-state index in [2.05, 4.69) is 13.0 Å². The lowest BCUT2D eigenvalue weighted by Gasteiger charge is -2.13. The number of phenols is 3. The molecular formula is C20H20O3. The van der Waals surface area contributed by atoms with Crippen LogP contribution in [0.1, 0.15) is 18.1 Å². The Bertz CT molecular complexity index is 839. The monoisotopic (exact) mass is 308 g/mol. The average Bonchev–Trinajstić information content (AvgIpc) is 2.51. The fraction of sp³-hybridized carbons (Fsp3) is 0.200. The van der Waals surface area contributed by atoms with Crippen molar-refractivity contribution < 1.29 is 15.3 Å². The van der Waals surface area contributed by atoms with Crippen LogP contribution in [0.15, 0.2) is 54.6 Å². The van der Waals surface area contributed by atoms with Gasteiger partial charge in [0.05, 0.1) is 0 Å². The molecule has 3 N–H and O–H groups in total. The van der Waals surface area contributed by atoms with Crippen molar-refractivity contribution in [3.63, 3.8) is 0 Å². The van der Waals surface area contributed by atoms with Crippen LogP contribution in [0.4, 0.5) is 0 Å². The highest BCUT2D eigenvalue weighted by atomic mass is 16.3. The van der Waals surface area contributed by atoms with Gasteiger partial charge in [-0.25, -0.2) is 0 Å². The molecule has 0 aromatic heterocycles. The quantitative estimate of drug-likeness (QED) is 0.627. The Morgan fingerprint density at radius 1 is 0.739 bits per heavy atom. The zero-order valence-electron chi connectivity index (χ0n) is 13.0. The zero-order chi connectivity index (χ0) is 16.4. The highest BCUT2D eigenvalue weighted by Gasteiger charge is 2.10. The predicted octanol–water partition coefficient (Wildman–Crippen LogP) is 4.38. The molecule has 3 aromatic rings. The van der Waals surface area contributed by atoms with Crippen molar-refractivity contribution in [2.24, 2.45) is 5.92 Å². The Hall–Kier alpha value is -2.68. The second-order valence-electron chi connectivity index (χ2n) is 6.17. The minimum absolute atomic E-state index is 0.0851.